The van der Waals surface area contributed by atoms with E-state index in [-0.39, 0.29) is 18.6 Å². The molecule has 0 bridgehead atoms. The van der Waals surface area contributed by atoms with E-state index in [4.69, 9.17) is 9.47 Å². The molecule has 0 spiro atoms. The first-order valence-electron chi connectivity index (χ1n) is 8.38. The normalized spacial score (nSPS) is 11.5. The second-order valence-corrected chi connectivity index (χ2v) is 5.90. The molecular weight excluding hydrogens is 375 g/mol. The number of methoxy groups -OCH3 is 2. The van der Waals surface area contributed by atoms with Gasteiger partial charge >= 0.3 is 6.18 Å². The van der Waals surface area contributed by atoms with Crippen LogP contribution in [0.3, 0.4) is 0 Å². The van der Waals surface area contributed by atoms with Crippen LogP contribution in [0.5, 0.6) is 11.5 Å². The number of benzene rings is 2. The van der Waals surface area contributed by atoms with Gasteiger partial charge in [0.05, 0.1) is 25.3 Å². The second kappa shape index (κ2) is 7.79. The van der Waals surface area contributed by atoms with Gasteiger partial charge in [0, 0.05) is 18.7 Å². The van der Waals surface area contributed by atoms with Crippen molar-refractivity contribution in [2.24, 2.45) is 0 Å². The molecule has 1 heterocycles. The van der Waals surface area contributed by atoms with Crippen molar-refractivity contribution in [2.45, 2.75) is 12.7 Å². The third kappa shape index (κ3) is 3.88. The number of hydrogen-bond acceptors (Lipinski definition) is 4. The Balaban J connectivity index is 1.76. The van der Waals surface area contributed by atoms with E-state index >= 15 is 0 Å². The third-order valence-corrected chi connectivity index (χ3v) is 4.17. The quantitative estimate of drug-likeness (QED) is 0.696. The smallest absolute Gasteiger partial charge is 0.449 e. The highest BCUT2D eigenvalue weighted by molar-refractivity contribution is 5.94. The summed E-state index contributed by atoms with van der Waals surface area (Å²) in [6.45, 7) is -0.0784. The van der Waals surface area contributed by atoms with Gasteiger partial charge in [0.25, 0.3) is 5.91 Å². The Morgan fingerprint density at radius 2 is 1.82 bits per heavy atom. The summed E-state index contributed by atoms with van der Waals surface area (Å²) in [4.78, 5) is 16.0. The van der Waals surface area contributed by atoms with Gasteiger partial charge in [-0.15, -0.1) is 0 Å². The third-order valence-electron chi connectivity index (χ3n) is 4.17. The van der Waals surface area contributed by atoms with E-state index in [0.717, 1.165) is 4.57 Å². The Morgan fingerprint density at radius 1 is 1.11 bits per heavy atom. The molecule has 0 radical (unpaired) electrons. The van der Waals surface area contributed by atoms with Gasteiger partial charge in [-0.3, -0.25) is 4.79 Å². The standard InChI is InChI=1S/C19H18F3N3O3/c1-27-15-8-7-12(11-16(15)28-2)17(26)23-9-10-25-14-6-4-3-5-13(14)24-18(25)19(20,21)22/h3-8,11H,9-10H2,1-2H3,(H,23,26). The van der Waals surface area contributed by atoms with Crippen molar-refractivity contribution in [1.82, 2.24) is 14.9 Å². The van der Waals surface area contributed by atoms with Crippen LogP contribution in [0, 0.1) is 0 Å². The van der Waals surface area contributed by atoms with Crippen LogP contribution in [0.25, 0.3) is 11.0 Å². The number of nitrogens with zero attached hydrogens (tertiary/aromatic N) is 2. The second-order valence-electron chi connectivity index (χ2n) is 5.90. The van der Waals surface area contributed by atoms with E-state index in [1.807, 2.05) is 0 Å². The number of carbonyl (C=O) groups is 1. The van der Waals surface area contributed by atoms with Crippen LogP contribution < -0.4 is 14.8 Å². The first-order chi connectivity index (χ1) is 13.3. The Morgan fingerprint density at radius 3 is 2.50 bits per heavy atom. The van der Waals surface area contributed by atoms with Crippen molar-refractivity contribution >= 4 is 16.9 Å². The molecule has 9 heteroatoms. The lowest BCUT2D eigenvalue weighted by Gasteiger charge is -2.13. The molecule has 0 saturated carbocycles. The molecule has 1 N–H and O–H groups in total. The molecule has 2 aromatic carbocycles. The van der Waals surface area contributed by atoms with Crippen molar-refractivity contribution in [3.63, 3.8) is 0 Å². The lowest BCUT2D eigenvalue weighted by molar-refractivity contribution is -0.146. The Bertz CT molecular complexity index is 999. The Hall–Kier alpha value is -3.23. The number of alkyl halides is 3. The minimum atomic E-state index is -4.59. The van der Waals surface area contributed by atoms with Gasteiger partial charge in [0.2, 0.25) is 5.82 Å². The molecule has 3 aromatic rings. The van der Waals surface area contributed by atoms with Gasteiger partial charge in [-0.1, -0.05) is 12.1 Å². The molecule has 0 unspecified atom stereocenters. The molecule has 6 nitrogen and oxygen atoms in total. The number of nitrogens with one attached hydrogen (secondary N) is 1. The highest BCUT2D eigenvalue weighted by atomic mass is 19.4. The molecule has 0 saturated heterocycles. The molecule has 0 atom stereocenters. The summed E-state index contributed by atoms with van der Waals surface area (Å²) in [5, 5.41) is 2.62. The van der Waals surface area contributed by atoms with Crippen LogP contribution in [0.2, 0.25) is 0 Å². The monoisotopic (exact) mass is 393 g/mol. The minimum Gasteiger partial charge on any atom is -0.493 e. The number of amides is 1. The zero-order valence-corrected chi connectivity index (χ0v) is 15.2. The molecule has 0 aliphatic heterocycles. The lowest BCUT2D eigenvalue weighted by atomic mass is 10.2. The van der Waals surface area contributed by atoms with E-state index in [9.17, 15) is 18.0 Å². The first-order valence-corrected chi connectivity index (χ1v) is 8.38. The SMILES string of the molecule is COc1ccc(C(=O)NCCn2c(C(F)(F)F)nc3ccccc32)cc1OC. The maximum absolute atomic E-state index is 13.3. The topological polar surface area (TPSA) is 65.4 Å². The predicted molar refractivity (Wildman–Crippen MR) is 96.6 cm³/mol. The zero-order chi connectivity index (χ0) is 20.3. The number of ether oxygens (including phenoxy) is 2. The van der Waals surface area contributed by atoms with Crippen molar-refractivity contribution in [3.05, 3.63) is 53.9 Å². The van der Waals surface area contributed by atoms with E-state index in [1.54, 1.807) is 30.3 Å². The summed E-state index contributed by atoms with van der Waals surface area (Å²) in [5.41, 5.74) is 0.917. The summed E-state index contributed by atoms with van der Waals surface area (Å²) in [7, 11) is 2.92. The van der Waals surface area contributed by atoms with Crippen LogP contribution in [0.15, 0.2) is 42.5 Å². The van der Waals surface area contributed by atoms with Crippen LogP contribution in [0.1, 0.15) is 16.2 Å². The number of fused-ring (bicyclic) bond motifs is 1. The summed E-state index contributed by atoms with van der Waals surface area (Å²) in [5.74, 6) is -0.568. The Kier molecular flexibility index (Phi) is 5.43. The number of rotatable bonds is 6. The molecule has 3 rings (SSSR count). The van der Waals surface area contributed by atoms with Crippen molar-refractivity contribution in [1.29, 1.82) is 0 Å². The van der Waals surface area contributed by atoms with Gasteiger partial charge in [0.15, 0.2) is 11.5 Å². The van der Waals surface area contributed by atoms with E-state index in [0.29, 0.717) is 22.6 Å². The summed E-state index contributed by atoms with van der Waals surface area (Å²) >= 11 is 0. The van der Waals surface area contributed by atoms with E-state index in [1.165, 1.54) is 26.4 Å². The number of imidazole rings is 1. The molecule has 28 heavy (non-hydrogen) atoms. The number of hydrogen-bond donors (Lipinski definition) is 1. The zero-order valence-electron chi connectivity index (χ0n) is 15.2. The summed E-state index contributed by atoms with van der Waals surface area (Å²) in [6.07, 6.45) is -4.59. The fraction of sp³-hybridized carbons (Fsp3) is 0.263. The van der Waals surface area contributed by atoms with Crippen LogP contribution in [-0.4, -0.2) is 36.2 Å². The fourth-order valence-electron chi connectivity index (χ4n) is 2.88. The molecular formula is C19H18F3N3O3. The van der Waals surface area contributed by atoms with Gasteiger partial charge < -0.3 is 19.4 Å². The lowest BCUT2D eigenvalue weighted by Crippen LogP contribution is -2.28. The minimum absolute atomic E-state index is 0.00336. The molecule has 0 aliphatic carbocycles. The fourth-order valence-corrected chi connectivity index (χ4v) is 2.88. The van der Waals surface area contributed by atoms with E-state index < -0.39 is 17.9 Å². The van der Waals surface area contributed by atoms with Crippen molar-refractivity contribution in [2.75, 3.05) is 20.8 Å². The van der Waals surface area contributed by atoms with Crippen LogP contribution >= 0.6 is 0 Å². The van der Waals surface area contributed by atoms with Gasteiger partial charge in [-0.05, 0) is 30.3 Å². The number of aromatic nitrogens is 2. The largest absolute Gasteiger partial charge is 0.493 e. The van der Waals surface area contributed by atoms with Crippen molar-refractivity contribution in [3.8, 4) is 11.5 Å². The molecule has 1 aromatic heterocycles. The van der Waals surface area contributed by atoms with Gasteiger partial charge in [-0.2, -0.15) is 13.2 Å². The van der Waals surface area contributed by atoms with Crippen molar-refractivity contribution < 1.29 is 27.4 Å². The molecule has 0 aliphatic rings. The highest BCUT2D eigenvalue weighted by Gasteiger charge is 2.37. The number of halogens is 3. The summed E-state index contributed by atoms with van der Waals surface area (Å²) in [6, 6.07) is 11.0. The van der Waals surface area contributed by atoms with E-state index in [2.05, 4.69) is 10.3 Å². The van der Waals surface area contributed by atoms with Crippen LogP contribution in [0.4, 0.5) is 13.2 Å². The van der Waals surface area contributed by atoms with Gasteiger partial charge in [-0.25, -0.2) is 4.98 Å². The summed E-state index contributed by atoms with van der Waals surface area (Å²) < 4.78 is 51.2. The highest BCUT2D eigenvalue weighted by Crippen LogP contribution is 2.31. The predicted octanol–water partition coefficient (Wildman–Crippen LogP) is 3.50. The number of para-hydroxylation sites is 2. The molecule has 0 fully saturated rings. The van der Waals surface area contributed by atoms with Gasteiger partial charge in [0.1, 0.15) is 0 Å². The average molecular weight is 393 g/mol. The average Bonchev–Trinajstić information content (AvgIpc) is 3.06. The maximum atomic E-state index is 13.3. The molecule has 148 valence electrons. The first kappa shape index (κ1) is 19.5. The Labute approximate surface area is 158 Å². The number of carbonyl (C=O) groups excluding carboxylic acids is 1. The van der Waals surface area contributed by atoms with Crippen LogP contribution in [-0.2, 0) is 12.7 Å². The molecule has 1 amide bonds. The maximum Gasteiger partial charge on any atom is 0.449 e.